The molecular weight excluding hydrogens is 170 g/mol. The zero-order chi connectivity index (χ0) is 8.97. The summed E-state index contributed by atoms with van der Waals surface area (Å²) in [6, 6.07) is 0. The van der Waals surface area contributed by atoms with Gasteiger partial charge in [-0.2, -0.15) is 12.6 Å². The number of hydrogen-bond donors (Lipinski definition) is 1. The van der Waals surface area contributed by atoms with Gasteiger partial charge in [0.1, 0.15) is 0 Å². The van der Waals surface area contributed by atoms with E-state index >= 15 is 0 Å². The lowest BCUT2D eigenvalue weighted by atomic mass is 10.0. The fraction of sp³-hybridized carbons (Fsp3) is 0.889. The molecule has 1 atom stereocenters. The standard InChI is InChI=1S/C9H17NOS/c1-8-3-2-5-10(7-8)9(11)4-6-12/h8,12H,2-7H2,1H3. The van der Waals surface area contributed by atoms with E-state index < -0.39 is 0 Å². The number of likely N-dealkylation sites (tertiary alicyclic amines) is 1. The van der Waals surface area contributed by atoms with Crippen molar-refractivity contribution in [2.45, 2.75) is 26.2 Å². The molecule has 0 saturated carbocycles. The fourth-order valence-electron chi connectivity index (χ4n) is 1.67. The minimum absolute atomic E-state index is 0.275. The summed E-state index contributed by atoms with van der Waals surface area (Å²) in [6.07, 6.45) is 3.03. The molecule has 1 saturated heterocycles. The molecular formula is C9H17NOS. The number of hydrogen-bond acceptors (Lipinski definition) is 2. The van der Waals surface area contributed by atoms with Crippen molar-refractivity contribution in [3.05, 3.63) is 0 Å². The monoisotopic (exact) mass is 187 g/mol. The third-order valence-electron chi connectivity index (χ3n) is 2.34. The number of carbonyl (C=O) groups excluding carboxylic acids is 1. The first-order valence-electron chi connectivity index (χ1n) is 4.62. The van der Waals surface area contributed by atoms with Crippen molar-refractivity contribution in [2.24, 2.45) is 5.92 Å². The van der Waals surface area contributed by atoms with Gasteiger partial charge in [0, 0.05) is 19.5 Å². The highest BCUT2D eigenvalue weighted by molar-refractivity contribution is 7.80. The van der Waals surface area contributed by atoms with Gasteiger partial charge in [-0.1, -0.05) is 6.92 Å². The molecule has 70 valence electrons. The van der Waals surface area contributed by atoms with E-state index in [-0.39, 0.29) is 5.91 Å². The first-order chi connectivity index (χ1) is 5.74. The van der Waals surface area contributed by atoms with Crippen molar-refractivity contribution in [3.63, 3.8) is 0 Å². The Morgan fingerprint density at radius 1 is 1.67 bits per heavy atom. The maximum Gasteiger partial charge on any atom is 0.223 e. The van der Waals surface area contributed by atoms with Crippen LogP contribution in [0.2, 0.25) is 0 Å². The average Bonchev–Trinajstić information content (AvgIpc) is 2.05. The third-order valence-corrected chi connectivity index (χ3v) is 2.56. The van der Waals surface area contributed by atoms with Gasteiger partial charge in [-0.15, -0.1) is 0 Å². The van der Waals surface area contributed by atoms with E-state index in [1.54, 1.807) is 0 Å². The lowest BCUT2D eigenvalue weighted by Crippen LogP contribution is -2.39. The van der Waals surface area contributed by atoms with Crippen molar-refractivity contribution in [2.75, 3.05) is 18.8 Å². The van der Waals surface area contributed by atoms with E-state index in [0.29, 0.717) is 18.1 Å². The zero-order valence-electron chi connectivity index (χ0n) is 7.62. The Hall–Kier alpha value is -0.180. The van der Waals surface area contributed by atoms with Gasteiger partial charge >= 0.3 is 0 Å². The molecule has 1 aliphatic rings. The number of thiol groups is 1. The molecule has 0 aromatic carbocycles. The SMILES string of the molecule is CC1CCCN(C(=O)CCS)C1. The van der Waals surface area contributed by atoms with E-state index in [9.17, 15) is 4.79 Å². The Kier molecular flexibility index (Phi) is 3.92. The van der Waals surface area contributed by atoms with Gasteiger partial charge in [-0.25, -0.2) is 0 Å². The van der Waals surface area contributed by atoms with Crippen molar-refractivity contribution < 1.29 is 4.79 Å². The van der Waals surface area contributed by atoms with Gasteiger partial charge in [-0.3, -0.25) is 4.79 Å². The Morgan fingerprint density at radius 3 is 3.00 bits per heavy atom. The maximum atomic E-state index is 11.4. The van der Waals surface area contributed by atoms with Crippen LogP contribution in [0.1, 0.15) is 26.2 Å². The molecule has 1 fully saturated rings. The summed E-state index contributed by atoms with van der Waals surface area (Å²) in [5.41, 5.74) is 0. The molecule has 0 bridgehead atoms. The molecule has 0 spiro atoms. The van der Waals surface area contributed by atoms with Crippen LogP contribution in [0.3, 0.4) is 0 Å². The summed E-state index contributed by atoms with van der Waals surface area (Å²) in [5, 5.41) is 0. The third kappa shape index (κ3) is 2.70. The van der Waals surface area contributed by atoms with Crippen LogP contribution in [0.25, 0.3) is 0 Å². The number of nitrogens with zero attached hydrogens (tertiary/aromatic N) is 1. The van der Waals surface area contributed by atoms with Crippen LogP contribution >= 0.6 is 12.6 Å². The topological polar surface area (TPSA) is 20.3 Å². The van der Waals surface area contributed by atoms with Crippen molar-refractivity contribution in [1.29, 1.82) is 0 Å². The molecule has 0 aliphatic carbocycles. The van der Waals surface area contributed by atoms with Gasteiger partial charge < -0.3 is 4.90 Å². The number of rotatable bonds is 2. The molecule has 3 heteroatoms. The van der Waals surface area contributed by atoms with Crippen LogP contribution in [0, 0.1) is 5.92 Å². The van der Waals surface area contributed by atoms with Crippen LogP contribution < -0.4 is 0 Å². The summed E-state index contributed by atoms with van der Waals surface area (Å²) in [5.74, 6) is 1.63. The van der Waals surface area contributed by atoms with Crippen molar-refractivity contribution in [1.82, 2.24) is 4.90 Å². The smallest absolute Gasteiger partial charge is 0.223 e. The van der Waals surface area contributed by atoms with E-state index in [4.69, 9.17) is 0 Å². The molecule has 12 heavy (non-hydrogen) atoms. The Bertz CT molecular complexity index is 161. The summed E-state index contributed by atoms with van der Waals surface area (Å²) in [4.78, 5) is 13.4. The molecule has 1 unspecified atom stereocenters. The molecule has 0 N–H and O–H groups in total. The van der Waals surface area contributed by atoms with Gasteiger partial charge in [0.15, 0.2) is 0 Å². The summed E-state index contributed by atoms with van der Waals surface area (Å²) in [7, 11) is 0. The summed E-state index contributed by atoms with van der Waals surface area (Å²) < 4.78 is 0. The van der Waals surface area contributed by atoms with Crippen LogP contribution in [0.4, 0.5) is 0 Å². The van der Waals surface area contributed by atoms with Gasteiger partial charge in [0.05, 0.1) is 0 Å². The second kappa shape index (κ2) is 4.75. The molecule has 0 aromatic heterocycles. The van der Waals surface area contributed by atoms with Crippen LogP contribution in [0.15, 0.2) is 0 Å². The second-order valence-electron chi connectivity index (χ2n) is 3.56. The normalized spacial score (nSPS) is 24.2. The highest BCUT2D eigenvalue weighted by atomic mass is 32.1. The van der Waals surface area contributed by atoms with Crippen molar-refractivity contribution >= 4 is 18.5 Å². The highest BCUT2D eigenvalue weighted by Gasteiger charge is 2.19. The van der Waals surface area contributed by atoms with Gasteiger partial charge in [0.2, 0.25) is 5.91 Å². The molecule has 2 nitrogen and oxygen atoms in total. The van der Waals surface area contributed by atoms with Crippen LogP contribution in [0.5, 0.6) is 0 Å². The van der Waals surface area contributed by atoms with Gasteiger partial charge in [0.25, 0.3) is 0 Å². The van der Waals surface area contributed by atoms with Crippen LogP contribution in [-0.4, -0.2) is 29.6 Å². The first-order valence-corrected chi connectivity index (χ1v) is 5.26. The summed E-state index contributed by atoms with van der Waals surface area (Å²) >= 11 is 4.05. The van der Waals surface area contributed by atoms with E-state index in [0.717, 1.165) is 13.1 Å². The van der Waals surface area contributed by atoms with Crippen molar-refractivity contribution in [3.8, 4) is 0 Å². The highest BCUT2D eigenvalue weighted by Crippen LogP contribution is 2.15. The molecule has 1 aliphatic heterocycles. The molecule has 0 radical (unpaired) electrons. The average molecular weight is 187 g/mol. The zero-order valence-corrected chi connectivity index (χ0v) is 8.52. The second-order valence-corrected chi connectivity index (χ2v) is 4.01. The molecule has 1 rings (SSSR count). The molecule has 1 heterocycles. The van der Waals surface area contributed by atoms with E-state index in [1.807, 2.05) is 4.90 Å². The first kappa shape index (κ1) is 9.90. The van der Waals surface area contributed by atoms with Crippen LogP contribution in [-0.2, 0) is 4.79 Å². The lowest BCUT2D eigenvalue weighted by Gasteiger charge is -2.30. The largest absolute Gasteiger partial charge is 0.342 e. The predicted molar refractivity (Wildman–Crippen MR) is 53.4 cm³/mol. The number of amides is 1. The van der Waals surface area contributed by atoms with E-state index in [2.05, 4.69) is 19.6 Å². The number of piperidine rings is 1. The molecule has 0 aromatic rings. The Morgan fingerprint density at radius 2 is 2.42 bits per heavy atom. The minimum atomic E-state index is 0.275. The quantitative estimate of drug-likeness (QED) is 0.651. The summed E-state index contributed by atoms with van der Waals surface area (Å²) in [6.45, 7) is 4.11. The fourth-order valence-corrected chi connectivity index (χ4v) is 1.86. The van der Waals surface area contributed by atoms with E-state index in [1.165, 1.54) is 12.8 Å². The lowest BCUT2D eigenvalue weighted by molar-refractivity contribution is -0.132. The predicted octanol–water partition coefficient (Wildman–Crippen LogP) is 1.56. The minimum Gasteiger partial charge on any atom is -0.342 e. The molecule has 1 amide bonds. The van der Waals surface area contributed by atoms with Gasteiger partial charge in [-0.05, 0) is 24.5 Å². The Balaban J connectivity index is 2.35. The number of carbonyl (C=O) groups is 1. The maximum absolute atomic E-state index is 11.4. The Labute approximate surface area is 79.7 Å².